The van der Waals surface area contributed by atoms with E-state index in [1.165, 1.54) is 0 Å². The zero-order valence-electron chi connectivity index (χ0n) is 3.28. The molecule has 0 spiro atoms. The van der Waals surface area contributed by atoms with Gasteiger partial charge in [-0.15, -0.1) is 0 Å². The second-order valence-corrected chi connectivity index (χ2v) is 0. The number of rotatable bonds is 0. The van der Waals surface area contributed by atoms with Gasteiger partial charge in [0, 0.05) is 148 Å². The van der Waals surface area contributed by atoms with Crippen molar-refractivity contribution in [2.24, 2.45) is 0 Å². The summed E-state index contributed by atoms with van der Waals surface area (Å²) in [5, 5.41) is 0. The minimum Gasteiger partial charge on any atom is 0 e. The zero-order valence-corrected chi connectivity index (χ0v) is 20.1. The van der Waals surface area contributed by atoms with Crippen LogP contribution in [-0.4, -0.2) is 45.3 Å². The molecule has 0 aromatic rings. The van der Waals surface area contributed by atoms with Gasteiger partial charge in [-0.05, 0) is 0 Å². The predicted octanol–water partition coefficient (Wildman–Crippen LogP) is -0.774. The van der Waals surface area contributed by atoms with Crippen LogP contribution >= 0.6 is 0 Å². The molecule has 0 atom stereocenters. The molecule has 0 rings (SSSR count). The predicted molar refractivity (Wildman–Crippen MR) is 11.5 cm³/mol. The van der Waals surface area contributed by atoms with Crippen molar-refractivity contribution in [2.45, 2.75) is 0 Å². The molecule has 0 aliphatic carbocycles. The Kier molecular flexibility index (Phi) is 386. The second-order valence-electron chi connectivity index (χ2n) is 0. The molecule has 7 heteroatoms. The first kappa shape index (κ1) is 59.9. The van der Waals surface area contributed by atoms with E-state index in [0.29, 0.717) is 0 Å². The molecule has 0 amide bonds. The van der Waals surface area contributed by atoms with Gasteiger partial charge in [0.15, 0.2) is 0 Å². The Morgan fingerprint density at radius 3 is 1.00 bits per heavy atom. The largest absolute Gasteiger partial charge is 0 e. The normalized spacial score (nSPS) is 0. The number of hydrogen-bond acceptors (Lipinski definition) is 0. The molecule has 0 nitrogen and oxygen atoms in total. The van der Waals surface area contributed by atoms with Gasteiger partial charge in [-0.25, -0.2) is 0 Å². The molecule has 0 aromatic heterocycles. The Morgan fingerprint density at radius 2 is 1.00 bits per heavy atom. The van der Waals surface area contributed by atoms with E-state index in [0.717, 1.165) is 0 Å². The van der Waals surface area contributed by atoms with Gasteiger partial charge in [0.05, 0.1) is 0 Å². The van der Waals surface area contributed by atoms with E-state index in [4.69, 9.17) is 0 Å². The van der Waals surface area contributed by atoms with Crippen molar-refractivity contribution in [1.29, 1.82) is 0 Å². The summed E-state index contributed by atoms with van der Waals surface area (Å²) in [7, 11) is 0. The van der Waals surface area contributed by atoms with Crippen LogP contribution < -0.4 is 0 Å². The van der Waals surface area contributed by atoms with E-state index in [-0.39, 0.29) is 148 Å². The van der Waals surface area contributed by atoms with Crippen LogP contribution in [0.5, 0.6) is 0 Å². The van der Waals surface area contributed by atoms with E-state index < -0.39 is 0 Å². The third-order valence-electron chi connectivity index (χ3n) is 0. The Balaban J connectivity index is 0. The maximum Gasteiger partial charge on any atom is 0 e. The van der Waals surface area contributed by atoms with Gasteiger partial charge in [0.25, 0.3) is 0 Å². The Labute approximate surface area is 145 Å². The maximum atomic E-state index is 0. The molecule has 0 heterocycles. The van der Waals surface area contributed by atoms with E-state index in [9.17, 15) is 0 Å². The number of hydrogen-bond donors (Lipinski definition) is 0. The first-order valence-electron chi connectivity index (χ1n) is 0. The van der Waals surface area contributed by atoms with Gasteiger partial charge in [0.1, 0.15) is 0 Å². The molecule has 0 unspecified atom stereocenters. The molecule has 45 valence electrons. The van der Waals surface area contributed by atoms with E-state index in [2.05, 4.69) is 0 Å². The average Bonchev–Trinajstić information content (AvgIpc) is 0. The van der Waals surface area contributed by atoms with E-state index >= 15 is 0 Å². The molecule has 0 saturated carbocycles. The minimum atomic E-state index is 0. The molecular formula is AsAuCdCuNiPbZn. The standard InChI is InChI=1S/As.Au.Cd.Cu.Ni.Pb.Zn. The smallest absolute Gasteiger partial charge is 0 e. The fourth-order valence-corrected chi connectivity index (χ4v) is 0. The second kappa shape index (κ2) is 45.1. The Bertz CT molecular complexity index is 19.7. The average molecular weight is 779 g/mol. The van der Waals surface area contributed by atoms with Gasteiger partial charge >= 0.3 is 0 Å². The topological polar surface area (TPSA) is 0 Å². The van der Waals surface area contributed by atoms with Crippen molar-refractivity contribution in [3.05, 3.63) is 0 Å². The monoisotopic (exact) mass is 779 g/mol. The first-order chi connectivity index (χ1) is 0. The molecule has 0 bridgehead atoms. The van der Waals surface area contributed by atoms with Crippen molar-refractivity contribution in [3.63, 3.8) is 0 Å². The van der Waals surface area contributed by atoms with Gasteiger partial charge in [-0.2, -0.15) is 0 Å². The van der Waals surface area contributed by atoms with Crippen LogP contribution in [0, 0.1) is 0 Å². The molecule has 0 N–H and O–H groups in total. The van der Waals surface area contributed by atoms with Crippen molar-refractivity contribution in [3.8, 4) is 0 Å². The van der Waals surface area contributed by atoms with Gasteiger partial charge < -0.3 is 0 Å². The summed E-state index contributed by atoms with van der Waals surface area (Å²) in [5.41, 5.74) is 0. The third kappa shape index (κ3) is 36.4. The molecule has 0 aliphatic rings. The van der Waals surface area contributed by atoms with Gasteiger partial charge in [0.2, 0.25) is 0 Å². The van der Waals surface area contributed by atoms with Crippen molar-refractivity contribution in [2.75, 3.05) is 0 Å². The van der Waals surface area contributed by atoms with E-state index in [1.807, 2.05) is 0 Å². The van der Waals surface area contributed by atoms with Crippen LogP contribution in [0.2, 0.25) is 0 Å². The summed E-state index contributed by atoms with van der Waals surface area (Å²) >= 11 is 0. The molecule has 0 aromatic carbocycles. The molecule has 0 fully saturated rings. The van der Waals surface area contributed by atoms with Crippen LogP contribution in [0.15, 0.2) is 0 Å². The third-order valence-corrected chi connectivity index (χ3v) is 0. The zero-order chi connectivity index (χ0) is 0. The summed E-state index contributed by atoms with van der Waals surface area (Å²) in [6, 6.07) is 0. The Morgan fingerprint density at radius 1 is 1.00 bits per heavy atom. The molecule has 7 heavy (non-hydrogen) atoms. The summed E-state index contributed by atoms with van der Waals surface area (Å²) < 4.78 is 0. The van der Waals surface area contributed by atoms with Crippen LogP contribution in [-0.2, 0) is 103 Å². The molecular weight excluding hydrogens is 779 g/mol. The fourth-order valence-electron chi connectivity index (χ4n) is 0. The fraction of sp³-hybridized carbons (Fsp3) is 0. The summed E-state index contributed by atoms with van der Waals surface area (Å²) in [4.78, 5) is 0. The van der Waals surface area contributed by atoms with Crippen LogP contribution in [0.3, 0.4) is 0 Å². The maximum absolute atomic E-state index is 0. The molecule has 0 aliphatic heterocycles. The Hall–Kier alpha value is 4.78. The van der Waals surface area contributed by atoms with Crippen LogP contribution in [0.4, 0.5) is 0 Å². The first-order valence-corrected chi connectivity index (χ1v) is 0. The SMILES string of the molecule is [As].[Au].[Cd].[Cu].[Ni].[Pb].[Zn]. The molecule has 9 radical (unpaired) electrons. The van der Waals surface area contributed by atoms with Crippen molar-refractivity contribution in [1.82, 2.24) is 0 Å². The van der Waals surface area contributed by atoms with Gasteiger partial charge in [-0.3, -0.25) is 0 Å². The van der Waals surface area contributed by atoms with Crippen molar-refractivity contribution < 1.29 is 103 Å². The van der Waals surface area contributed by atoms with Gasteiger partial charge in [-0.1, -0.05) is 0 Å². The summed E-state index contributed by atoms with van der Waals surface area (Å²) in [6.07, 6.45) is 0. The van der Waals surface area contributed by atoms with Crippen molar-refractivity contribution >= 4 is 45.3 Å². The molecule has 0 saturated heterocycles. The summed E-state index contributed by atoms with van der Waals surface area (Å²) in [5.74, 6) is 0. The minimum absolute atomic E-state index is 0. The summed E-state index contributed by atoms with van der Waals surface area (Å²) in [6.45, 7) is 0. The van der Waals surface area contributed by atoms with E-state index in [1.54, 1.807) is 0 Å². The van der Waals surface area contributed by atoms with Crippen LogP contribution in [0.25, 0.3) is 0 Å². The van der Waals surface area contributed by atoms with Crippen LogP contribution in [0.1, 0.15) is 0 Å². The quantitative estimate of drug-likeness (QED) is 0.284.